The summed E-state index contributed by atoms with van der Waals surface area (Å²) in [6, 6.07) is 0.197. The first-order valence-corrected chi connectivity index (χ1v) is 9.19. The van der Waals surface area contributed by atoms with Crippen molar-refractivity contribution in [3.63, 3.8) is 0 Å². The normalized spacial score (nSPS) is 29.7. The van der Waals surface area contributed by atoms with Crippen molar-refractivity contribution in [1.82, 2.24) is 5.32 Å². The van der Waals surface area contributed by atoms with Crippen molar-refractivity contribution in [2.75, 3.05) is 13.2 Å². The Morgan fingerprint density at radius 3 is 2.46 bits per heavy atom. The molecule has 1 N–H and O–H groups in total. The molecule has 24 heavy (non-hydrogen) atoms. The molecule has 6 nitrogen and oxygen atoms in total. The Kier molecular flexibility index (Phi) is 7.49. The van der Waals surface area contributed by atoms with E-state index in [-0.39, 0.29) is 18.1 Å². The van der Waals surface area contributed by atoms with E-state index in [4.69, 9.17) is 14.2 Å². The van der Waals surface area contributed by atoms with Gasteiger partial charge in [0.25, 0.3) is 5.91 Å². The lowest BCUT2D eigenvalue weighted by molar-refractivity contribution is -0.166. The molecule has 6 heteroatoms. The highest BCUT2D eigenvalue weighted by Gasteiger charge is 2.26. The predicted octanol–water partition coefficient (Wildman–Crippen LogP) is 2.20. The molecule has 0 aromatic heterocycles. The summed E-state index contributed by atoms with van der Waals surface area (Å²) in [6.45, 7) is 6.62. The Morgan fingerprint density at radius 2 is 1.83 bits per heavy atom. The molecule has 138 valence electrons. The Morgan fingerprint density at radius 1 is 1.12 bits per heavy atom. The van der Waals surface area contributed by atoms with Gasteiger partial charge in [0, 0.05) is 12.6 Å². The van der Waals surface area contributed by atoms with Crippen LogP contribution in [0.1, 0.15) is 59.3 Å². The highest BCUT2D eigenvalue weighted by molar-refractivity contribution is 5.84. The van der Waals surface area contributed by atoms with Crippen LogP contribution in [0.3, 0.4) is 0 Å². The van der Waals surface area contributed by atoms with E-state index in [9.17, 15) is 9.59 Å². The van der Waals surface area contributed by atoms with Gasteiger partial charge in [-0.1, -0.05) is 6.92 Å². The number of amides is 1. The average Bonchev–Trinajstić information content (AvgIpc) is 3.08. The molecule has 2 fully saturated rings. The summed E-state index contributed by atoms with van der Waals surface area (Å²) in [6.07, 6.45) is 4.81. The molecule has 1 aliphatic carbocycles. The maximum atomic E-state index is 12.2. The first-order valence-electron chi connectivity index (χ1n) is 9.19. The van der Waals surface area contributed by atoms with Crippen molar-refractivity contribution in [3.8, 4) is 0 Å². The Hall–Kier alpha value is -1.14. The van der Waals surface area contributed by atoms with Crippen LogP contribution in [-0.4, -0.2) is 49.4 Å². The van der Waals surface area contributed by atoms with Crippen molar-refractivity contribution in [3.05, 3.63) is 0 Å². The van der Waals surface area contributed by atoms with Crippen LogP contribution < -0.4 is 5.32 Å². The molecule has 0 aromatic rings. The number of hydrogen-bond donors (Lipinski definition) is 1. The van der Waals surface area contributed by atoms with Crippen LogP contribution in [0.25, 0.3) is 0 Å². The van der Waals surface area contributed by atoms with Crippen LogP contribution in [0, 0.1) is 5.92 Å². The van der Waals surface area contributed by atoms with Gasteiger partial charge in [-0.15, -0.1) is 0 Å². The van der Waals surface area contributed by atoms with Crippen molar-refractivity contribution >= 4 is 11.9 Å². The molecule has 3 unspecified atom stereocenters. The average molecular weight is 341 g/mol. The van der Waals surface area contributed by atoms with Crippen LogP contribution in [0.15, 0.2) is 0 Å². The van der Waals surface area contributed by atoms with Crippen molar-refractivity contribution < 1.29 is 23.8 Å². The maximum Gasteiger partial charge on any atom is 0.335 e. The second kappa shape index (κ2) is 9.37. The molecule has 1 saturated heterocycles. The highest BCUT2D eigenvalue weighted by atomic mass is 16.6. The molecule has 0 radical (unpaired) electrons. The molecule has 1 heterocycles. The van der Waals surface area contributed by atoms with Crippen molar-refractivity contribution in [2.45, 2.75) is 83.6 Å². The molecular formula is C18H31NO5. The highest BCUT2D eigenvalue weighted by Crippen LogP contribution is 2.23. The van der Waals surface area contributed by atoms with Gasteiger partial charge < -0.3 is 19.5 Å². The number of rotatable bonds is 7. The molecule has 0 bridgehead atoms. The van der Waals surface area contributed by atoms with Crippen LogP contribution in [-0.2, 0) is 23.8 Å². The molecule has 3 atom stereocenters. The van der Waals surface area contributed by atoms with Crippen LogP contribution in [0.4, 0.5) is 0 Å². The summed E-state index contributed by atoms with van der Waals surface area (Å²) in [4.78, 5) is 24.2. The molecule has 2 rings (SSSR count). The topological polar surface area (TPSA) is 73.9 Å². The zero-order valence-electron chi connectivity index (χ0n) is 15.1. The summed E-state index contributed by atoms with van der Waals surface area (Å²) in [5, 5.41) is 2.98. The molecular weight excluding hydrogens is 310 g/mol. The third-order valence-electron chi connectivity index (χ3n) is 4.91. The zero-order valence-corrected chi connectivity index (χ0v) is 15.1. The third kappa shape index (κ3) is 6.06. The monoisotopic (exact) mass is 341 g/mol. The first kappa shape index (κ1) is 19.2. The summed E-state index contributed by atoms with van der Waals surface area (Å²) >= 11 is 0. The van der Waals surface area contributed by atoms with Gasteiger partial charge in [-0.05, 0) is 58.3 Å². The van der Waals surface area contributed by atoms with Gasteiger partial charge >= 0.3 is 5.97 Å². The Bertz CT molecular complexity index is 414. The largest absolute Gasteiger partial charge is 0.451 e. The predicted molar refractivity (Wildman–Crippen MR) is 89.5 cm³/mol. The van der Waals surface area contributed by atoms with Gasteiger partial charge in [0.15, 0.2) is 12.2 Å². The number of esters is 1. The number of nitrogens with one attached hydrogen (secondary N) is 1. The molecule has 1 amide bonds. The fourth-order valence-corrected chi connectivity index (χ4v) is 3.14. The van der Waals surface area contributed by atoms with Gasteiger partial charge in [0.2, 0.25) is 0 Å². The van der Waals surface area contributed by atoms with E-state index in [0.717, 1.165) is 51.0 Å². The lowest BCUT2D eigenvalue weighted by Gasteiger charge is -2.28. The lowest BCUT2D eigenvalue weighted by Crippen LogP contribution is -2.44. The summed E-state index contributed by atoms with van der Waals surface area (Å²) < 4.78 is 16.2. The van der Waals surface area contributed by atoms with E-state index in [1.807, 2.05) is 0 Å². The first-order chi connectivity index (χ1) is 11.5. The van der Waals surface area contributed by atoms with E-state index in [0.29, 0.717) is 6.61 Å². The number of ether oxygens (including phenoxy) is 3. The van der Waals surface area contributed by atoms with Gasteiger partial charge in [0.05, 0.1) is 12.7 Å². The third-order valence-corrected chi connectivity index (χ3v) is 4.91. The second-order valence-corrected chi connectivity index (χ2v) is 7.16. The summed E-state index contributed by atoms with van der Waals surface area (Å²) in [7, 11) is 0. The summed E-state index contributed by atoms with van der Waals surface area (Å²) in [5.41, 5.74) is 0. The van der Waals surface area contributed by atoms with Gasteiger partial charge in [-0.3, -0.25) is 4.79 Å². The summed E-state index contributed by atoms with van der Waals surface area (Å²) in [5.74, 6) is -0.00242. The van der Waals surface area contributed by atoms with Crippen molar-refractivity contribution in [2.24, 2.45) is 5.92 Å². The van der Waals surface area contributed by atoms with E-state index in [1.165, 1.54) is 0 Å². The van der Waals surface area contributed by atoms with Gasteiger partial charge in [-0.25, -0.2) is 4.79 Å². The fourth-order valence-electron chi connectivity index (χ4n) is 3.14. The van der Waals surface area contributed by atoms with Gasteiger partial charge in [0.1, 0.15) is 0 Å². The minimum atomic E-state index is -0.800. The SMILES string of the molecule is CC1CCC(NC(=O)C(C)OC(=O)C(C)OCC2CCCO2)CC1. The van der Waals surface area contributed by atoms with E-state index in [1.54, 1.807) is 13.8 Å². The van der Waals surface area contributed by atoms with Gasteiger partial charge in [-0.2, -0.15) is 0 Å². The quantitative estimate of drug-likeness (QED) is 0.719. The van der Waals surface area contributed by atoms with Crippen LogP contribution in [0.2, 0.25) is 0 Å². The number of carbonyl (C=O) groups is 2. The van der Waals surface area contributed by atoms with Crippen LogP contribution in [0.5, 0.6) is 0 Å². The van der Waals surface area contributed by atoms with Crippen LogP contribution >= 0.6 is 0 Å². The molecule has 1 aliphatic heterocycles. The van der Waals surface area contributed by atoms with E-state index < -0.39 is 18.2 Å². The number of carbonyl (C=O) groups excluding carboxylic acids is 2. The zero-order chi connectivity index (χ0) is 17.5. The minimum absolute atomic E-state index is 0.0645. The van der Waals surface area contributed by atoms with E-state index >= 15 is 0 Å². The lowest BCUT2D eigenvalue weighted by atomic mass is 9.87. The standard InChI is InChI=1S/C18H31NO5/c1-12-6-8-15(9-7-12)19-17(20)13(2)24-18(21)14(3)23-11-16-5-4-10-22-16/h12-16H,4-11H2,1-3H3,(H,19,20). The Balaban J connectivity index is 1.66. The Labute approximate surface area is 144 Å². The smallest absolute Gasteiger partial charge is 0.335 e. The minimum Gasteiger partial charge on any atom is -0.451 e. The molecule has 2 aliphatic rings. The number of hydrogen-bond acceptors (Lipinski definition) is 5. The van der Waals surface area contributed by atoms with Crippen molar-refractivity contribution in [1.29, 1.82) is 0 Å². The molecule has 1 saturated carbocycles. The second-order valence-electron chi connectivity index (χ2n) is 7.16. The molecule has 0 aromatic carbocycles. The van der Waals surface area contributed by atoms with E-state index in [2.05, 4.69) is 12.2 Å². The molecule has 0 spiro atoms. The fraction of sp³-hybridized carbons (Fsp3) is 0.889. The maximum absolute atomic E-state index is 12.2.